The molecule has 1 aromatic carbocycles. The summed E-state index contributed by atoms with van der Waals surface area (Å²) in [5, 5.41) is 0. The minimum Gasteiger partial charge on any atom is -0.497 e. The molecule has 3 rings (SSSR count). The Balaban J connectivity index is 2.02. The van der Waals surface area contributed by atoms with Crippen LogP contribution in [0.15, 0.2) is 29.8 Å². The Morgan fingerprint density at radius 2 is 1.96 bits per heavy atom. The minimum absolute atomic E-state index is 0.225. The molecule has 0 amide bonds. The number of methoxy groups -OCH3 is 1. The Bertz CT molecular complexity index is 708. The molecule has 6 nitrogen and oxygen atoms in total. The maximum absolute atomic E-state index is 12.5. The molecule has 0 fully saturated rings. The summed E-state index contributed by atoms with van der Waals surface area (Å²) >= 11 is 0. The lowest BCUT2D eigenvalue weighted by molar-refractivity contribution is -0.147. The predicted molar refractivity (Wildman–Crippen MR) is 89.6 cm³/mol. The molecule has 2 aliphatic rings. The van der Waals surface area contributed by atoms with Crippen LogP contribution in [0.3, 0.4) is 0 Å². The van der Waals surface area contributed by atoms with Gasteiger partial charge in [0, 0.05) is 23.0 Å². The summed E-state index contributed by atoms with van der Waals surface area (Å²) in [6, 6.07) is 5.50. The lowest BCUT2D eigenvalue weighted by Gasteiger charge is -2.32. The minimum atomic E-state index is -0.542. The number of hydrogen-bond acceptors (Lipinski definition) is 6. The van der Waals surface area contributed by atoms with E-state index in [9.17, 15) is 9.59 Å². The topological polar surface area (TPSA) is 71.1 Å². The number of hydrogen-bond donors (Lipinski definition) is 0. The molecular weight excluding hydrogens is 324 g/mol. The van der Waals surface area contributed by atoms with Crippen LogP contribution in [0.25, 0.3) is 0 Å². The highest BCUT2D eigenvalue weighted by Crippen LogP contribution is 2.51. The highest BCUT2D eigenvalue weighted by atomic mass is 16.5. The fourth-order valence-corrected chi connectivity index (χ4v) is 3.58. The standard InChI is InChI=1S/C19H22O6/c1-4-23-18(20)12-9-14(19(21)24-5-2)17-13-8-11(22-3)6-7-16(13)25-10-15(12)17/h6-9,14-15,17H,4-5,10H2,1-3H3/t14-,15-,17+/m0/s1. The van der Waals surface area contributed by atoms with Gasteiger partial charge in [-0.05, 0) is 32.0 Å². The highest BCUT2D eigenvalue weighted by Gasteiger charge is 2.48. The normalized spacial score (nSPS) is 23.6. The molecule has 1 aliphatic carbocycles. The second-order valence-electron chi connectivity index (χ2n) is 5.97. The molecule has 0 aromatic heterocycles. The Hall–Kier alpha value is -2.50. The van der Waals surface area contributed by atoms with Crippen LogP contribution in [0, 0.1) is 11.8 Å². The van der Waals surface area contributed by atoms with E-state index >= 15 is 0 Å². The molecule has 1 heterocycles. The highest BCUT2D eigenvalue weighted by molar-refractivity contribution is 5.93. The quantitative estimate of drug-likeness (QED) is 0.763. The summed E-state index contributed by atoms with van der Waals surface area (Å²) in [6.07, 6.45) is 1.68. The molecule has 6 heteroatoms. The van der Waals surface area contributed by atoms with Gasteiger partial charge in [-0.3, -0.25) is 4.79 Å². The van der Waals surface area contributed by atoms with Crippen molar-refractivity contribution in [2.45, 2.75) is 19.8 Å². The molecule has 0 saturated carbocycles. The van der Waals surface area contributed by atoms with Gasteiger partial charge in [0.25, 0.3) is 0 Å². The number of esters is 2. The zero-order chi connectivity index (χ0) is 18.0. The zero-order valence-corrected chi connectivity index (χ0v) is 14.6. The first-order valence-corrected chi connectivity index (χ1v) is 8.46. The Kier molecular flexibility index (Phi) is 4.97. The predicted octanol–water partition coefficient (Wildman–Crippen LogP) is 2.47. The molecule has 0 unspecified atom stereocenters. The second kappa shape index (κ2) is 7.17. The van der Waals surface area contributed by atoms with E-state index in [4.69, 9.17) is 18.9 Å². The number of benzene rings is 1. The van der Waals surface area contributed by atoms with Crippen molar-refractivity contribution in [1.82, 2.24) is 0 Å². The van der Waals surface area contributed by atoms with Gasteiger partial charge in [0.2, 0.25) is 0 Å². The van der Waals surface area contributed by atoms with Crippen LogP contribution in [0.1, 0.15) is 25.3 Å². The second-order valence-corrected chi connectivity index (χ2v) is 5.97. The van der Waals surface area contributed by atoms with Crippen molar-refractivity contribution in [3.8, 4) is 11.5 Å². The fraction of sp³-hybridized carbons (Fsp3) is 0.474. The first-order chi connectivity index (χ1) is 12.1. The van der Waals surface area contributed by atoms with E-state index in [2.05, 4.69) is 0 Å². The molecule has 1 aliphatic heterocycles. The van der Waals surface area contributed by atoms with Crippen molar-refractivity contribution >= 4 is 11.9 Å². The first-order valence-electron chi connectivity index (χ1n) is 8.46. The monoisotopic (exact) mass is 346 g/mol. The van der Waals surface area contributed by atoms with E-state index in [-0.39, 0.29) is 31.0 Å². The first kappa shape index (κ1) is 17.3. The van der Waals surface area contributed by atoms with Crippen molar-refractivity contribution in [3.05, 3.63) is 35.4 Å². The van der Waals surface area contributed by atoms with E-state index in [1.54, 1.807) is 27.0 Å². The van der Waals surface area contributed by atoms with Crippen molar-refractivity contribution < 1.29 is 28.5 Å². The van der Waals surface area contributed by atoms with E-state index in [0.29, 0.717) is 23.7 Å². The molecule has 25 heavy (non-hydrogen) atoms. The van der Waals surface area contributed by atoms with E-state index in [1.807, 2.05) is 18.2 Å². The molecule has 0 saturated heterocycles. The van der Waals surface area contributed by atoms with E-state index in [0.717, 1.165) is 5.56 Å². The molecule has 0 spiro atoms. The van der Waals surface area contributed by atoms with Gasteiger partial charge in [0.1, 0.15) is 11.5 Å². The molecular formula is C19H22O6. The smallest absolute Gasteiger partial charge is 0.334 e. The third-order valence-electron chi connectivity index (χ3n) is 4.64. The molecule has 134 valence electrons. The molecule has 1 aromatic rings. The summed E-state index contributed by atoms with van der Waals surface area (Å²) in [5.74, 6) is -0.374. The van der Waals surface area contributed by atoms with Gasteiger partial charge in [-0.25, -0.2) is 4.79 Å². The third kappa shape index (κ3) is 3.08. The molecule has 0 bridgehead atoms. The maximum atomic E-state index is 12.5. The van der Waals surface area contributed by atoms with Gasteiger partial charge in [-0.2, -0.15) is 0 Å². The van der Waals surface area contributed by atoms with Gasteiger partial charge in [0.05, 0.1) is 32.8 Å². The Morgan fingerprint density at radius 3 is 2.64 bits per heavy atom. The van der Waals surface area contributed by atoms with Crippen molar-refractivity contribution in [3.63, 3.8) is 0 Å². The zero-order valence-electron chi connectivity index (χ0n) is 14.6. The molecule has 0 radical (unpaired) electrons. The van der Waals surface area contributed by atoms with Gasteiger partial charge in [-0.15, -0.1) is 0 Å². The summed E-state index contributed by atoms with van der Waals surface area (Å²) in [7, 11) is 1.59. The van der Waals surface area contributed by atoms with Gasteiger partial charge < -0.3 is 18.9 Å². The van der Waals surface area contributed by atoms with Crippen LogP contribution < -0.4 is 9.47 Å². The van der Waals surface area contributed by atoms with Gasteiger partial charge in [-0.1, -0.05) is 6.08 Å². The maximum Gasteiger partial charge on any atom is 0.334 e. The SMILES string of the molecule is CCOC(=O)C1=C[C@H](C(=O)OCC)[C@H]2c3cc(OC)ccc3OC[C@@H]12. The van der Waals surface area contributed by atoms with Crippen molar-refractivity contribution in [2.24, 2.45) is 11.8 Å². The fourth-order valence-electron chi connectivity index (χ4n) is 3.58. The third-order valence-corrected chi connectivity index (χ3v) is 4.64. The number of carbonyl (C=O) groups excluding carboxylic acids is 2. The summed E-state index contributed by atoms with van der Waals surface area (Å²) in [4.78, 5) is 24.8. The van der Waals surface area contributed by atoms with Crippen LogP contribution in [-0.2, 0) is 19.1 Å². The van der Waals surface area contributed by atoms with Crippen LogP contribution in [0.4, 0.5) is 0 Å². The van der Waals surface area contributed by atoms with Gasteiger partial charge in [0.15, 0.2) is 0 Å². The summed E-state index contributed by atoms with van der Waals surface area (Å²) in [6.45, 7) is 4.41. The molecule has 3 atom stereocenters. The van der Waals surface area contributed by atoms with Crippen molar-refractivity contribution in [1.29, 1.82) is 0 Å². The number of fused-ring (bicyclic) bond motifs is 3. The van der Waals surface area contributed by atoms with E-state index < -0.39 is 11.9 Å². The van der Waals surface area contributed by atoms with Crippen LogP contribution >= 0.6 is 0 Å². The van der Waals surface area contributed by atoms with Gasteiger partial charge >= 0.3 is 11.9 Å². The summed E-state index contributed by atoms with van der Waals surface area (Å²) in [5.41, 5.74) is 1.34. The lowest BCUT2D eigenvalue weighted by atomic mass is 9.79. The number of rotatable bonds is 5. The average Bonchev–Trinajstić information content (AvgIpc) is 3.02. The Morgan fingerprint density at radius 1 is 1.20 bits per heavy atom. The average molecular weight is 346 g/mol. The number of carbonyl (C=O) groups is 2. The van der Waals surface area contributed by atoms with Crippen LogP contribution in [0.2, 0.25) is 0 Å². The Labute approximate surface area is 146 Å². The van der Waals surface area contributed by atoms with Crippen molar-refractivity contribution in [2.75, 3.05) is 26.9 Å². The summed E-state index contributed by atoms with van der Waals surface area (Å²) < 4.78 is 21.5. The lowest BCUT2D eigenvalue weighted by Crippen LogP contribution is -2.32. The number of ether oxygens (including phenoxy) is 4. The van der Waals surface area contributed by atoms with Crippen LogP contribution in [0.5, 0.6) is 11.5 Å². The molecule has 0 N–H and O–H groups in total. The van der Waals surface area contributed by atoms with Crippen LogP contribution in [-0.4, -0.2) is 38.9 Å². The van der Waals surface area contributed by atoms with E-state index in [1.165, 1.54) is 0 Å². The largest absolute Gasteiger partial charge is 0.497 e.